The van der Waals surface area contributed by atoms with E-state index in [1.165, 1.54) is 38.5 Å². The summed E-state index contributed by atoms with van der Waals surface area (Å²) in [7, 11) is 1.61. The highest BCUT2D eigenvalue weighted by atomic mass is 16.5. The molecule has 0 bridgehead atoms. The molecule has 0 radical (unpaired) electrons. The minimum Gasteiger partial charge on any atom is -0.493 e. The number of methoxy groups -OCH3 is 1. The molecule has 0 aliphatic rings. The van der Waals surface area contributed by atoms with E-state index >= 15 is 0 Å². The topological polar surface area (TPSA) is 101 Å². The van der Waals surface area contributed by atoms with Crippen molar-refractivity contribution >= 4 is 12.2 Å². The maximum atomic E-state index is 11.5. The van der Waals surface area contributed by atoms with Crippen molar-refractivity contribution in [3.8, 4) is 11.5 Å². The van der Waals surface area contributed by atoms with Crippen LogP contribution in [0.5, 0.6) is 11.5 Å². The molecule has 158 valence electrons. The van der Waals surface area contributed by atoms with Crippen molar-refractivity contribution in [1.82, 2.24) is 15.2 Å². The van der Waals surface area contributed by atoms with Crippen LogP contribution < -0.4 is 20.5 Å². The molecule has 0 unspecified atom stereocenters. The lowest BCUT2D eigenvalue weighted by molar-refractivity contribution is 0.284. The number of benzene rings is 1. The van der Waals surface area contributed by atoms with Crippen LogP contribution in [0.3, 0.4) is 0 Å². The summed E-state index contributed by atoms with van der Waals surface area (Å²) in [6.07, 6.45) is 10.3. The Morgan fingerprint density at radius 2 is 1.86 bits per heavy atom. The monoisotopic (exact) mass is 401 g/mol. The van der Waals surface area contributed by atoms with Crippen LogP contribution in [0.4, 0.5) is 5.95 Å². The second kappa shape index (κ2) is 12.5. The van der Waals surface area contributed by atoms with Crippen molar-refractivity contribution in [2.75, 3.05) is 19.1 Å². The largest absolute Gasteiger partial charge is 0.493 e. The number of nitrogens with zero attached hydrogens (tertiary/aromatic N) is 3. The van der Waals surface area contributed by atoms with Crippen LogP contribution in [-0.2, 0) is 0 Å². The number of aryl methyl sites for hydroxylation is 1. The van der Waals surface area contributed by atoms with Gasteiger partial charge in [0.25, 0.3) is 5.56 Å². The van der Waals surface area contributed by atoms with Crippen molar-refractivity contribution in [1.29, 1.82) is 0 Å². The first-order valence-corrected chi connectivity index (χ1v) is 10.2. The maximum Gasteiger partial charge on any atom is 0.274 e. The Morgan fingerprint density at radius 3 is 2.59 bits per heavy atom. The average Bonchev–Trinajstić information content (AvgIpc) is 2.73. The number of hydrazone groups is 1. The SMILES string of the molecule is CCCCCCCCCOc1ccc(/C=N/Nc2nnc(C)c(=O)[nH]2)cc1OC. The van der Waals surface area contributed by atoms with Gasteiger partial charge >= 0.3 is 0 Å². The van der Waals surface area contributed by atoms with E-state index in [9.17, 15) is 4.79 Å². The molecule has 0 fully saturated rings. The van der Waals surface area contributed by atoms with Gasteiger partial charge in [-0.2, -0.15) is 5.10 Å². The molecule has 0 atom stereocenters. The van der Waals surface area contributed by atoms with Gasteiger partial charge in [0, 0.05) is 0 Å². The number of rotatable bonds is 13. The molecule has 29 heavy (non-hydrogen) atoms. The van der Waals surface area contributed by atoms with E-state index in [0.717, 1.165) is 17.7 Å². The fourth-order valence-corrected chi connectivity index (χ4v) is 2.74. The highest BCUT2D eigenvalue weighted by Gasteiger charge is 2.05. The molecule has 2 rings (SSSR count). The van der Waals surface area contributed by atoms with Crippen LogP contribution in [0, 0.1) is 6.92 Å². The maximum absolute atomic E-state index is 11.5. The van der Waals surface area contributed by atoms with E-state index in [1.54, 1.807) is 20.2 Å². The molecule has 0 aliphatic heterocycles. The van der Waals surface area contributed by atoms with E-state index in [1.807, 2.05) is 18.2 Å². The molecular formula is C21H31N5O3. The van der Waals surface area contributed by atoms with Gasteiger partial charge in [0.15, 0.2) is 11.5 Å². The molecule has 1 heterocycles. The first-order chi connectivity index (χ1) is 14.1. The van der Waals surface area contributed by atoms with Gasteiger partial charge in [-0.15, -0.1) is 10.2 Å². The zero-order valence-corrected chi connectivity index (χ0v) is 17.5. The molecule has 0 amide bonds. The van der Waals surface area contributed by atoms with Gasteiger partial charge in [-0.1, -0.05) is 45.4 Å². The molecule has 2 N–H and O–H groups in total. The zero-order valence-electron chi connectivity index (χ0n) is 17.5. The molecular weight excluding hydrogens is 370 g/mol. The van der Waals surface area contributed by atoms with E-state index < -0.39 is 0 Å². The number of ether oxygens (including phenoxy) is 2. The highest BCUT2D eigenvalue weighted by molar-refractivity contribution is 5.81. The first kappa shape index (κ1) is 22.4. The van der Waals surface area contributed by atoms with Crippen molar-refractivity contribution in [3.63, 3.8) is 0 Å². The molecule has 1 aromatic heterocycles. The Labute approximate surface area is 171 Å². The van der Waals surface area contributed by atoms with Crippen LogP contribution in [0.2, 0.25) is 0 Å². The molecule has 8 nitrogen and oxygen atoms in total. The summed E-state index contributed by atoms with van der Waals surface area (Å²) < 4.78 is 11.3. The first-order valence-electron chi connectivity index (χ1n) is 10.2. The van der Waals surface area contributed by atoms with Gasteiger partial charge in [0.2, 0.25) is 5.95 Å². The molecule has 8 heteroatoms. The van der Waals surface area contributed by atoms with E-state index in [2.05, 4.69) is 32.6 Å². The Bertz CT molecular complexity index is 835. The number of unbranched alkanes of at least 4 members (excludes halogenated alkanes) is 6. The number of H-pyrrole nitrogens is 1. The molecule has 0 spiro atoms. The Kier molecular flexibility index (Phi) is 9.68. The lowest BCUT2D eigenvalue weighted by atomic mass is 10.1. The summed E-state index contributed by atoms with van der Waals surface area (Å²) in [6.45, 7) is 4.50. The number of hydrogen-bond donors (Lipinski definition) is 2. The smallest absolute Gasteiger partial charge is 0.274 e. The van der Waals surface area contributed by atoms with Gasteiger partial charge in [-0.05, 0) is 37.1 Å². The van der Waals surface area contributed by atoms with Gasteiger partial charge in [-0.25, -0.2) is 5.43 Å². The summed E-state index contributed by atoms with van der Waals surface area (Å²) in [5, 5.41) is 11.6. The van der Waals surface area contributed by atoms with Gasteiger partial charge < -0.3 is 9.47 Å². The van der Waals surface area contributed by atoms with Gasteiger partial charge in [-0.3, -0.25) is 9.78 Å². The third-order valence-corrected chi connectivity index (χ3v) is 4.44. The van der Waals surface area contributed by atoms with Crippen molar-refractivity contribution in [2.24, 2.45) is 5.10 Å². The summed E-state index contributed by atoms with van der Waals surface area (Å²) >= 11 is 0. The molecule has 0 saturated carbocycles. The molecule has 2 aromatic rings. The lowest BCUT2D eigenvalue weighted by Gasteiger charge is -2.11. The zero-order chi connectivity index (χ0) is 20.9. The number of aromatic amines is 1. The van der Waals surface area contributed by atoms with Crippen molar-refractivity contribution in [2.45, 2.75) is 58.8 Å². The highest BCUT2D eigenvalue weighted by Crippen LogP contribution is 2.27. The minimum absolute atomic E-state index is 0.179. The normalized spacial score (nSPS) is 11.0. The van der Waals surface area contributed by atoms with E-state index in [4.69, 9.17) is 9.47 Å². The summed E-state index contributed by atoms with van der Waals surface area (Å²) in [4.78, 5) is 14.0. The van der Waals surface area contributed by atoms with Gasteiger partial charge in [0.1, 0.15) is 5.69 Å². The molecule has 0 aliphatic carbocycles. The average molecular weight is 402 g/mol. The van der Waals surface area contributed by atoms with Crippen LogP contribution in [0.15, 0.2) is 28.1 Å². The van der Waals surface area contributed by atoms with Crippen LogP contribution in [0.25, 0.3) is 0 Å². The fourth-order valence-electron chi connectivity index (χ4n) is 2.74. The predicted molar refractivity (Wildman–Crippen MR) is 115 cm³/mol. The number of aromatic nitrogens is 3. The quantitative estimate of drug-likeness (QED) is 0.298. The van der Waals surface area contributed by atoms with E-state index in [-0.39, 0.29) is 11.5 Å². The second-order valence-corrected chi connectivity index (χ2v) is 6.84. The van der Waals surface area contributed by atoms with Crippen LogP contribution >= 0.6 is 0 Å². The number of anilines is 1. The fraction of sp³-hybridized carbons (Fsp3) is 0.524. The second-order valence-electron chi connectivity index (χ2n) is 6.84. The summed E-state index contributed by atoms with van der Waals surface area (Å²) in [6, 6.07) is 5.60. The Balaban J connectivity index is 1.81. The Hall–Kier alpha value is -2.90. The van der Waals surface area contributed by atoms with Crippen LogP contribution in [-0.4, -0.2) is 35.1 Å². The standard InChI is InChI=1S/C21H31N5O3/c1-4-5-6-7-8-9-10-13-29-18-12-11-17(14-19(18)28-3)15-22-25-21-23-20(27)16(2)24-26-21/h11-12,14-15H,4-10,13H2,1-3H3,(H2,23,25,26,27)/b22-15+. The third-order valence-electron chi connectivity index (χ3n) is 4.44. The van der Waals surface area contributed by atoms with Crippen LogP contribution in [0.1, 0.15) is 63.1 Å². The van der Waals surface area contributed by atoms with E-state index in [0.29, 0.717) is 18.1 Å². The molecule has 1 aromatic carbocycles. The van der Waals surface area contributed by atoms with Gasteiger partial charge in [0.05, 0.1) is 19.9 Å². The predicted octanol–water partition coefficient (Wildman–Crippen LogP) is 4.06. The number of nitrogens with one attached hydrogen (secondary N) is 2. The minimum atomic E-state index is -0.304. The van der Waals surface area contributed by atoms with Crippen molar-refractivity contribution in [3.05, 3.63) is 39.8 Å². The summed E-state index contributed by atoms with van der Waals surface area (Å²) in [5.74, 6) is 1.55. The third kappa shape index (κ3) is 7.93. The Morgan fingerprint density at radius 1 is 1.10 bits per heavy atom. The lowest BCUT2D eigenvalue weighted by Crippen LogP contribution is -2.15. The van der Waals surface area contributed by atoms with Crippen molar-refractivity contribution < 1.29 is 9.47 Å². The summed E-state index contributed by atoms with van der Waals surface area (Å²) in [5.41, 5.74) is 3.47. The number of hydrogen-bond acceptors (Lipinski definition) is 7. The molecule has 0 saturated heterocycles.